The topological polar surface area (TPSA) is 54.5 Å². The van der Waals surface area contributed by atoms with E-state index in [1.807, 2.05) is 6.07 Å². The zero-order valence-electron chi connectivity index (χ0n) is 12.0. The zero-order valence-corrected chi connectivity index (χ0v) is 13.6. The first kappa shape index (κ1) is 15.5. The van der Waals surface area contributed by atoms with Gasteiger partial charge in [0.1, 0.15) is 0 Å². The molecule has 4 nitrogen and oxygen atoms in total. The summed E-state index contributed by atoms with van der Waals surface area (Å²) in [4.78, 5) is 14.1. The van der Waals surface area contributed by atoms with Crippen LogP contribution < -0.4 is 0 Å². The van der Waals surface area contributed by atoms with Gasteiger partial charge in [0.05, 0.1) is 10.6 Å². The summed E-state index contributed by atoms with van der Waals surface area (Å²) in [6.45, 7) is 1.55. The molecule has 0 radical (unpaired) electrons. The number of rotatable bonds is 3. The summed E-state index contributed by atoms with van der Waals surface area (Å²) in [5.41, 5.74) is 1.24. The molecule has 0 aromatic carbocycles. The summed E-state index contributed by atoms with van der Waals surface area (Å²) in [7, 11) is -2.13. The minimum Gasteiger partial charge on any atom is -0.267 e. The van der Waals surface area contributed by atoms with Crippen molar-refractivity contribution < 1.29 is 13.2 Å². The maximum atomic E-state index is 12.3. The molecule has 0 bridgehead atoms. The Morgan fingerprint density at radius 1 is 1.25 bits per heavy atom. The third-order valence-corrected chi connectivity index (χ3v) is 6.73. The molecular weight excluding hydrogens is 294 g/mol. The van der Waals surface area contributed by atoms with Gasteiger partial charge in [0.25, 0.3) is 5.91 Å². The number of fused-ring (bicyclic) bond motifs is 1. The first-order valence-electron chi connectivity index (χ1n) is 7.08. The summed E-state index contributed by atoms with van der Waals surface area (Å²) in [5.74, 6) is -0.455. The van der Waals surface area contributed by atoms with Gasteiger partial charge in [0, 0.05) is 11.9 Å². The number of carbonyl (C=O) groups excluding carboxylic acids is 1. The van der Waals surface area contributed by atoms with Gasteiger partial charge in [0.15, 0.2) is 0 Å². The molecule has 1 heterocycles. The van der Waals surface area contributed by atoms with Crippen LogP contribution in [0, 0.1) is 0 Å². The third-order valence-electron chi connectivity index (χ3n) is 3.78. The minimum atomic E-state index is -3.47. The second-order valence-electron chi connectivity index (χ2n) is 5.15. The maximum Gasteiger partial charge on any atom is 0.277 e. The van der Waals surface area contributed by atoms with E-state index in [2.05, 4.69) is 0 Å². The molecule has 1 aliphatic carbocycles. The van der Waals surface area contributed by atoms with Gasteiger partial charge >= 0.3 is 0 Å². The van der Waals surface area contributed by atoms with Gasteiger partial charge < -0.3 is 0 Å². The largest absolute Gasteiger partial charge is 0.277 e. The lowest BCUT2D eigenvalue weighted by Crippen LogP contribution is -2.33. The number of carbonyl (C=O) groups is 1. The Morgan fingerprint density at radius 3 is 2.55 bits per heavy atom. The smallest absolute Gasteiger partial charge is 0.267 e. The van der Waals surface area contributed by atoms with Crippen molar-refractivity contribution in [2.24, 2.45) is 0 Å². The van der Waals surface area contributed by atoms with Gasteiger partial charge in [-0.05, 0) is 44.2 Å². The monoisotopic (exact) mass is 315 g/mol. The van der Waals surface area contributed by atoms with E-state index < -0.39 is 15.9 Å². The van der Waals surface area contributed by atoms with Crippen LogP contribution in [-0.2, 0) is 22.9 Å². The minimum absolute atomic E-state index is 0.0552. The molecule has 2 rings (SSSR count). The van der Waals surface area contributed by atoms with E-state index in [9.17, 15) is 13.2 Å². The number of amides is 1. The van der Waals surface area contributed by atoms with Crippen LogP contribution in [0.25, 0.3) is 0 Å². The highest BCUT2D eigenvalue weighted by molar-refractivity contribution is 7.89. The SMILES string of the molecule is CCS(=O)(=O)N(C)C(=O)c1cc2c(s1)CCCCCC2. The van der Waals surface area contributed by atoms with Crippen LogP contribution in [0.4, 0.5) is 0 Å². The van der Waals surface area contributed by atoms with Crippen molar-refractivity contribution in [2.75, 3.05) is 12.8 Å². The van der Waals surface area contributed by atoms with Crippen LogP contribution in [-0.4, -0.2) is 31.4 Å². The quantitative estimate of drug-likeness (QED) is 0.862. The number of hydrogen-bond donors (Lipinski definition) is 0. The van der Waals surface area contributed by atoms with Crippen molar-refractivity contribution in [3.8, 4) is 0 Å². The Labute approximate surface area is 124 Å². The van der Waals surface area contributed by atoms with Gasteiger partial charge in [-0.1, -0.05) is 12.8 Å². The molecule has 0 aliphatic heterocycles. The molecule has 0 saturated carbocycles. The molecule has 6 heteroatoms. The van der Waals surface area contributed by atoms with Crippen molar-refractivity contribution in [2.45, 2.75) is 45.4 Å². The molecule has 1 aromatic rings. The highest BCUT2D eigenvalue weighted by atomic mass is 32.2. The van der Waals surface area contributed by atoms with Gasteiger partial charge in [0.2, 0.25) is 10.0 Å². The fraction of sp³-hybridized carbons (Fsp3) is 0.643. The lowest BCUT2D eigenvalue weighted by Gasteiger charge is -2.14. The van der Waals surface area contributed by atoms with E-state index in [4.69, 9.17) is 0 Å². The third kappa shape index (κ3) is 3.23. The van der Waals surface area contributed by atoms with Gasteiger partial charge in [-0.15, -0.1) is 11.3 Å². The van der Waals surface area contributed by atoms with Gasteiger partial charge in [-0.3, -0.25) is 4.79 Å². The van der Waals surface area contributed by atoms with E-state index in [1.165, 1.54) is 41.7 Å². The molecule has 0 spiro atoms. The Kier molecular flexibility index (Phi) is 4.86. The number of nitrogens with zero attached hydrogens (tertiary/aromatic N) is 1. The molecule has 1 aromatic heterocycles. The second kappa shape index (κ2) is 6.26. The van der Waals surface area contributed by atoms with Crippen LogP contribution in [0.15, 0.2) is 6.07 Å². The second-order valence-corrected chi connectivity index (χ2v) is 8.57. The van der Waals surface area contributed by atoms with Gasteiger partial charge in [-0.2, -0.15) is 0 Å². The summed E-state index contributed by atoms with van der Waals surface area (Å²) in [6, 6.07) is 1.90. The van der Waals surface area contributed by atoms with Crippen LogP contribution in [0.1, 0.15) is 52.7 Å². The fourth-order valence-electron chi connectivity index (χ4n) is 2.42. The summed E-state index contributed by atoms with van der Waals surface area (Å²) >= 11 is 1.47. The Bertz CT molecular complexity index is 564. The average molecular weight is 315 g/mol. The molecule has 0 saturated heterocycles. The van der Waals surface area contributed by atoms with E-state index in [0.29, 0.717) is 4.88 Å². The molecule has 1 aliphatic rings. The van der Waals surface area contributed by atoms with Crippen molar-refractivity contribution in [3.63, 3.8) is 0 Å². The van der Waals surface area contributed by atoms with E-state index >= 15 is 0 Å². The first-order valence-corrected chi connectivity index (χ1v) is 9.51. The van der Waals surface area contributed by atoms with Crippen molar-refractivity contribution in [3.05, 3.63) is 21.4 Å². The van der Waals surface area contributed by atoms with Crippen molar-refractivity contribution >= 4 is 27.3 Å². The number of thiophene rings is 1. The molecular formula is C14H21NO3S2. The van der Waals surface area contributed by atoms with Crippen LogP contribution in [0.3, 0.4) is 0 Å². The predicted molar refractivity (Wildman–Crippen MR) is 81.7 cm³/mol. The van der Waals surface area contributed by atoms with Crippen LogP contribution >= 0.6 is 11.3 Å². The summed E-state index contributed by atoms with van der Waals surface area (Å²) in [6.07, 6.45) is 6.80. The standard InChI is InChI=1S/C14H21NO3S2/c1-3-20(17,18)15(2)14(16)13-10-11-8-6-4-5-7-9-12(11)19-13/h10H,3-9H2,1-2H3. The normalized spacial score (nSPS) is 16.1. The zero-order chi connectivity index (χ0) is 14.8. The number of sulfonamides is 1. The Balaban J connectivity index is 2.25. The van der Waals surface area contributed by atoms with E-state index in [0.717, 1.165) is 30.0 Å². The lowest BCUT2D eigenvalue weighted by molar-refractivity contribution is 0.0887. The first-order chi connectivity index (χ1) is 9.45. The Morgan fingerprint density at radius 2 is 1.90 bits per heavy atom. The molecule has 112 valence electrons. The highest BCUT2D eigenvalue weighted by Gasteiger charge is 2.25. The van der Waals surface area contributed by atoms with Crippen LogP contribution in [0.2, 0.25) is 0 Å². The maximum absolute atomic E-state index is 12.3. The number of aryl methyl sites for hydroxylation is 2. The van der Waals surface area contributed by atoms with Gasteiger partial charge in [-0.25, -0.2) is 12.7 Å². The van der Waals surface area contributed by atoms with E-state index in [-0.39, 0.29) is 5.75 Å². The molecule has 20 heavy (non-hydrogen) atoms. The fourth-order valence-corrected chi connectivity index (χ4v) is 4.45. The summed E-state index contributed by atoms with van der Waals surface area (Å²) < 4.78 is 24.4. The lowest BCUT2D eigenvalue weighted by atomic mass is 10.00. The highest BCUT2D eigenvalue weighted by Crippen LogP contribution is 2.29. The molecule has 0 fully saturated rings. The van der Waals surface area contributed by atoms with Crippen molar-refractivity contribution in [1.29, 1.82) is 0 Å². The van der Waals surface area contributed by atoms with Crippen LogP contribution in [0.5, 0.6) is 0 Å². The Hall–Kier alpha value is -0.880. The molecule has 0 N–H and O–H groups in total. The van der Waals surface area contributed by atoms with Crippen molar-refractivity contribution in [1.82, 2.24) is 4.31 Å². The predicted octanol–water partition coefficient (Wildman–Crippen LogP) is 2.83. The molecule has 0 unspecified atom stereocenters. The number of hydrogen-bond acceptors (Lipinski definition) is 4. The van der Waals surface area contributed by atoms with E-state index in [1.54, 1.807) is 6.92 Å². The summed E-state index contributed by atoms with van der Waals surface area (Å²) in [5, 5.41) is 0. The molecule has 0 atom stereocenters. The average Bonchev–Trinajstić information content (AvgIpc) is 2.79. The molecule has 1 amide bonds.